The molecule has 0 atom stereocenters. The zero-order valence-electron chi connectivity index (χ0n) is 15.4. The number of nitrogens with zero attached hydrogens (tertiary/aromatic N) is 4. The van der Waals surface area contributed by atoms with Crippen LogP contribution in [-0.2, 0) is 4.79 Å². The van der Waals surface area contributed by atoms with Crippen LogP contribution in [0.15, 0.2) is 54.7 Å². The van der Waals surface area contributed by atoms with Crippen molar-refractivity contribution in [1.29, 1.82) is 0 Å². The van der Waals surface area contributed by atoms with E-state index in [2.05, 4.69) is 31.1 Å². The number of nitrogens with one attached hydrogen (secondary N) is 3. The fourth-order valence-corrected chi connectivity index (χ4v) is 2.41. The Labute approximate surface area is 157 Å². The SMILES string of the molecule is CC(=O)Nc1cccc(Nc2nncc(Nc3ccc(N(C)C)cc3)n2)c1. The summed E-state index contributed by atoms with van der Waals surface area (Å²) in [5.41, 5.74) is 3.45. The van der Waals surface area contributed by atoms with Gasteiger partial charge in [0.25, 0.3) is 0 Å². The molecule has 8 nitrogen and oxygen atoms in total. The van der Waals surface area contributed by atoms with Crippen molar-refractivity contribution in [2.75, 3.05) is 34.9 Å². The molecule has 0 saturated heterocycles. The summed E-state index contributed by atoms with van der Waals surface area (Å²) < 4.78 is 0. The third kappa shape index (κ3) is 5.15. The summed E-state index contributed by atoms with van der Waals surface area (Å²) in [6.07, 6.45) is 1.55. The standard InChI is InChI=1S/C19H21N7O/c1-13(27)21-15-5-4-6-16(11-15)23-19-24-18(12-20-25-19)22-14-7-9-17(10-8-14)26(2)3/h4-12H,1-3H3,(H,21,27)(H2,22,23,24,25). The molecule has 2 aromatic carbocycles. The first kappa shape index (κ1) is 18.1. The predicted molar refractivity (Wildman–Crippen MR) is 108 cm³/mol. The lowest BCUT2D eigenvalue weighted by molar-refractivity contribution is -0.114. The summed E-state index contributed by atoms with van der Waals surface area (Å²) in [4.78, 5) is 17.6. The second kappa shape index (κ2) is 8.13. The maximum atomic E-state index is 11.2. The molecule has 138 valence electrons. The van der Waals surface area contributed by atoms with Gasteiger partial charge in [0.2, 0.25) is 11.9 Å². The quantitative estimate of drug-likeness (QED) is 0.618. The van der Waals surface area contributed by atoms with Gasteiger partial charge in [-0.15, -0.1) is 5.10 Å². The lowest BCUT2D eigenvalue weighted by Crippen LogP contribution is -2.08. The van der Waals surface area contributed by atoms with Gasteiger partial charge in [0.05, 0.1) is 6.20 Å². The van der Waals surface area contributed by atoms with Crippen molar-refractivity contribution in [1.82, 2.24) is 15.2 Å². The molecule has 0 saturated carbocycles. The van der Waals surface area contributed by atoms with E-state index in [-0.39, 0.29) is 5.91 Å². The third-order valence-corrected chi connectivity index (χ3v) is 3.65. The van der Waals surface area contributed by atoms with Crippen LogP contribution in [0.5, 0.6) is 0 Å². The first-order chi connectivity index (χ1) is 13.0. The Bertz CT molecular complexity index is 925. The van der Waals surface area contributed by atoms with Crippen molar-refractivity contribution in [3.8, 4) is 0 Å². The molecule has 0 spiro atoms. The van der Waals surface area contributed by atoms with Crippen molar-refractivity contribution < 1.29 is 4.79 Å². The van der Waals surface area contributed by atoms with Gasteiger partial charge in [-0.05, 0) is 42.5 Å². The fraction of sp³-hybridized carbons (Fsp3) is 0.158. The van der Waals surface area contributed by atoms with Crippen LogP contribution in [0.25, 0.3) is 0 Å². The van der Waals surface area contributed by atoms with E-state index in [0.717, 1.165) is 17.1 Å². The molecule has 1 heterocycles. The van der Waals surface area contributed by atoms with Gasteiger partial charge in [0, 0.05) is 43.8 Å². The minimum atomic E-state index is -0.128. The van der Waals surface area contributed by atoms with E-state index < -0.39 is 0 Å². The molecule has 0 bridgehead atoms. The zero-order chi connectivity index (χ0) is 19.2. The van der Waals surface area contributed by atoms with E-state index in [1.54, 1.807) is 18.3 Å². The van der Waals surface area contributed by atoms with Crippen molar-refractivity contribution >= 4 is 40.4 Å². The second-order valence-electron chi connectivity index (χ2n) is 6.12. The first-order valence-corrected chi connectivity index (χ1v) is 8.38. The minimum absolute atomic E-state index is 0.128. The Morgan fingerprint density at radius 3 is 2.41 bits per heavy atom. The van der Waals surface area contributed by atoms with Crippen LogP contribution in [0.3, 0.4) is 0 Å². The smallest absolute Gasteiger partial charge is 0.249 e. The molecule has 3 aromatic rings. The van der Waals surface area contributed by atoms with Crippen LogP contribution in [0.2, 0.25) is 0 Å². The van der Waals surface area contributed by atoms with Gasteiger partial charge in [0.15, 0.2) is 5.82 Å². The molecule has 0 unspecified atom stereocenters. The number of aromatic nitrogens is 3. The zero-order valence-corrected chi connectivity index (χ0v) is 15.4. The summed E-state index contributed by atoms with van der Waals surface area (Å²) in [5.74, 6) is 0.796. The third-order valence-electron chi connectivity index (χ3n) is 3.65. The molecule has 27 heavy (non-hydrogen) atoms. The van der Waals surface area contributed by atoms with Crippen molar-refractivity contribution in [3.63, 3.8) is 0 Å². The van der Waals surface area contributed by atoms with Gasteiger partial charge in [-0.1, -0.05) is 6.07 Å². The van der Waals surface area contributed by atoms with Crippen LogP contribution in [0.4, 0.5) is 34.5 Å². The van der Waals surface area contributed by atoms with E-state index in [1.165, 1.54) is 6.92 Å². The molecule has 0 radical (unpaired) electrons. The molecule has 3 N–H and O–H groups in total. The van der Waals surface area contributed by atoms with E-state index in [1.807, 2.05) is 55.4 Å². The Morgan fingerprint density at radius 2 is 1.70 bits per heavy atom. The van der Waals surface area contributed by atoms with Gasteiger partial charge in [0.1, 0.15) is 0 Å². The number of carbonyl (C=O) groups is 1. The largest absolute Gasteiger partial charge is 0.378 e. The number of rotatable bonds is 6. The van der Waals surface area contributed by atoms with Crippen molar-refractivity contribution in [2.45, 2.75) is 6.92 Å². The predicted octanol–water partition coefficient (Wildman–Crippen LogP) is 3.38. The molecule has 0 aliphatic heterocycles. The highest BCUT2D eigenvalue weighted by Crippen LogP contribution is 2.21. The summed E-state index contributed by atoms with van der Waals surface area (Å²) in [6.45, 7) is 1.47. The Hall–Kier alpha value is -3.68. The van der Waals surface area contributed by atoms with E-state index in [9.17, 15) is 4.79 Å². The lowest BCUT2D eigenvalue weighted by Gasteiger charge is -2.13. The number of hydrogen-bond donors (Lipinski definition) is 3. The number of anilines is 6. The number of carbonyl (C=O) groups excluding carboxylic acids is 1. The lowest BCUT2D eigenvalue weighted by atomic mass is 10.2. The molecule has 0 fully saturated rings. The summed E-state index contributed by atoms with van der Waals surface area (Å²) in [7, 11) is 3.99. The molecule has 1 amide bonds. The molecular weight excluding hydrogens is 342 g/mol. The van der Waals surface area contributed by atoms with Crippen LogP contribution < -0.4 is 20.9 Å². The maximum absolute atomic E-state index is 11.2. The Balaban J connectivity index is 1.71. The number of amides is 1. The summed E-state index contributed by atoms with van der Waals surface area (Å²) >= 11 is 0. The fourth-order valence-electron chi connectivity index (χ4n) is 2.41. The number of benzene rings is 2. The Kier molecular flexibility index (Phi) is 5.46. The van der Waals surface area contributed by atoms with Gasteiger partial charge in [-0.2, -0.15) is 10.1 Å². The highest BCUT2D eigenvalue weighted by Gasteiger charge is 2.04. The molecule has 0 aliphatic rings. The van der Waals surface area contributed by atoms with Gasteiger partial charge >= 0.3 is 0 Å². The first-order valence-electron chi connectivity index (χ1n) is 8.38. The van der Waals surface area contributed by atoms with Crippen LogP contribution in [0.1, 0.15) is 6.92 Å². The maximum Gasteiger partial charge on any atom is 0.249 e. The van der Waals surface area contributed by atoms with E-state index >= 15 is 0 Å². The van der Waals surface area contributed by atoms with Crippen molar-refractivity contribution in [3.05, 3.63) is 54.7 Å². The summed E-state index contributed by atoms with van der Waals surface area (Å²) in [5, 5.41) is 17.0. The highest BCUT2D eigenvalue weighted by atomic mass is 16.1. The van der Waals surface area contributed by atoms with E-state index in [4.69, 9.17) is 0 Å². The second-order valence-corrected chi connectivity index (χ2v) is 6.12. The Morgan fingerprint density at radius 1 is 0.963 bits per heavy atom. The average Bonchev–Trinajstić information content (AvgIpc) is 2.62. The van der Waals surface area contributed by atoms with E-state index in [0.29, 0.717) is 17.5 Å². The van der Waals surface area contributed by atoms with Gasteiger partial charge in [-0.25, -0.2) is 0 Å². The van der Waals surface area contributed by atoms with Crippen LogP contribution in [-0.4, -0.2) is 35.2 Å². The van der Waals surface area contributed by atoms with Gasteiger partial charge in [-0.3, -0.25) is 4.79 Å². The molecule has 8 heteroatoms. The number of hydrogen-bond acceptors (Lipinski definition) is 7. The monoisotopic (exact) mass is 363 g/mol. The van der Waals surface area contributed by atoms with Crippen LogP contribution in [0, 0.1) is 0 Å². The van der Waals surface area contributed by atoms with Crippen LogP contribution >= 0.6 is 0 Å². The topological polar surface area (TPSA) is 95.1 Å². The van der Waals surface area contributed by atoms with Crippen molar-refractivity contribution in [2.24, 2.45) is 0 Å². The normalized spacial score (nSPS) is 10.2. The minimum Gasteiger partial charge on any atom is -0.378 e. The molecular formula is C19H21N7O. The molecule has 3 rings (SSSR count). The van der Waals surface area contributed by atoms with Gasteiger partial charge < -0.3 is 20.9 Å². The molecule has 1 aromatic heterocycles. The highest BCUT2D eigenvalue weighted by molar-refractivity contribution is 5.89. The molecule has 0 aliphatic carbocycles. The summed E-state index contributed by atoms with van der Waals surface area (Å²) in [6, 6.07) is 15.3. The average molecular weight is 363 g/mol.